The van der Waals surface area contributed by atoms with Crippen molar-refractivity contribution in [3.05, 3.63) is 54.6 Å². The van der Waals surface area contributed by atoms with Crippen LogP contribution in [-0.2, 0) is 4.79 Å². The molecule has 98 valence electrons. The summed E-state index contributed by atoms with van der Waals surface area (Å²) in [5.41, 5.74) is 0. The quantitative estimate of drug-likeness (QED) is 0.787. The van der Waals surface area contributed by atoms with Crippen molar-refractivity contribution in [2.24, 2.45) is 0 Å². The van der Waals surface area contributed by atoms with Gasteiger partial charge in [0.1, 0.15) is 23.0 Å². The van der Waals surface area contributed by atoms with Gasteiger partial charge < -0.3 is 9.47 Å². The van der Waals surface area contributed by atoms with Crippen LogP contribution in [0, 0.1) is 0 Å². The first-order chi connectivity index (χ1) is 9.24. The summed E-state index contributed by atoms with van der Waals surface area (Å²) in [6, 6.07) is 16.9. The summed E-state index contributed by atoms with van der Waals surface area (Å²) in [6.45, 7) is 1.97. The largest absolute Gasteiger partial charge is 0.493 e. The SMILES string of the molecule is CC(=O)CCOc1ccc(Oc2ccccc2)cc1. The molecule has 0 saturated heterocycles. The molecule has 2 aromatic rings. The normalized spacial score (nSPS) is 9.95. The van der Waals surface area contributed by atoms with Crippen LogP contribution in [-0.4, -0.2) is 12.4 Å². The fourth-order valence-corrected chi connectivity index (χ4v) is 1.54. The van der Waals surface area contributed by atoms with Gasteiger partial charge in [-0.05, 0) is 43.3 Å². The number of carbonyl (C=O) groups excluding carboxylic acids is 1. The van der Waals surface area contributed by atoms with Crippen molar-refractivity contribution < 1.29 is 14.3 Å². The van der Waals surface area contributed by atoms with E-state index in [4.69, 9.17) is 9.47 Å². The van der Waals surface area contributed by atoms with Crippen LogP contribution < -0.4 is 9.47 Å². The van der Waals surface area contributed by atoms with Gasteiger partial charge in [0.2, 0.25) is 0 Å². The van der Waals surface area contributed by atoms with Crippen molar-refractivity contribution in [1.29, 1.82) is 0 Å². The second-order valence-corrected chi connectivity index (χ2v) is 4.19. The summed E-state index contributed by atoms with van der Waals surface area (Å²) in [4.78, 5) is 10.8. The molecule has 0 aliphatic rings. The Kier molecular flexibility index (Phi) is 4.56. The second kappa shape index (κ2) is 6.59. The van der Waals surface area contributed by atoms with E-state index in [2.05, 4.69) is 0 Å². The lowest BCUT2D eigenvalue weighted by atomic mass is 10.3. The topological polar surface area (TPSA) is 35.5 Å². The number of hydrogen-bond acceptors (Lipinski definition) is 3. The van der Waals surface area contributed by atoms with E-state index >= 15 is 0 Å². The molecule has 0 aliphatic heterocycles. The molecule has 0 atom stereocenters. The van der Waals surface area contributed by atoms with Crippen LogP contribution in [0.3, 0.4) is 0 Å². The fourth-order valence-electron chi connectivity index (χ4n) is 1.54. The van der Waals surface area contributed by atoms with Crippen LogP contribution in [0.25, 0.3) is 0 Å². The molecule has 0 saturated carbocycles. The standard InChI is InChI=1S/C16H16O3/c1-13(17)11-12-18-14-7-9-16(10-8-14)19-15-5-3-2-4-6-15/h2-10H,11-12H2,1H3. The van der Waals surface area contributed by atoms with Crippen molar-refractivity contribution in [2.45, 2.75) is 13.3 Å². The van der Waals surface area contributed by atoms with Gasteiger partial charge in [-0.2, -0.15) is 0 Å². The van der Waals surface area contributed by atoms with Crippen LogP contribution in [0.15, 0.2) is 54.6 Å². The zero-order chi connectivity index (χ0) is 13.5. The predicted octanol–water partition coefficient (Wildman–Crippen LogP) is 3.84. The summed E-state index contributed by atoms with van der Waals surface area (Å²) in [7, 11) is 0. The highest BCUT2D eigenvalue weighted by molar-refractivity contribution is 5.75. The lowest BCUT2D eigenvalue weighted by Crippen LogP contribution is -2.02. The predicted molar refractivity (Wildman–Crippen MR) is 73.8 cm³/mol. The second-order valence-electron chi connectivity index (χ2n) is 4.19. The summed E-state index contributed by atoms with van der Waals surface area (Å²) in [5.74, 6) is 2.42. The molecular weight excluding hydrogens is 240 g/mol. The van der Waals surface area contributed by atoms with Gasteiger partial charge in [-0.15, -0.1) is 0 Å². The highest BCUT2D eigenvalue weighted by Gasteiger charge is 1.99. The smallest absolute Gasteiger partial charge is 0.133 e. The molecule has 0 N–H and O–H groups in total. The Morgan fingerprint density at radius 3 is 2.11 bits per heavy atom. The van der Waals surface area contributed by atoms with Gasteiger partial charge in [-0.3, -0.25) is 4.79 Å². The highest BCUT2D eigenvalue weighted by atomic mass is 16.5. The first-order valence-electron chi connectivity index (χ1n) is 6.19. The summed E-state index contributed by atoms with van der Waals surface area (Å²) < 4.78 is 11.1. The van der Waals surface area contributed by atoms with E-state index in [1.165, 1.54) is 0 Å². The van der Waals surface area contributed by atoms with E-state index in [1.54, 1.807) is 6.92 Å². The number of Topliss-reactive ketones (excluding diaryl/α,β-unsaturated/α-hetero) is 1. The van der Waals surface area contributed by atoms with E-state index in [9.17, 15) is 4.79 Å². The lowest BCUT2D eigenvalue weighted by Gasteiger charge is -2.07. The Labute approximate surface area is 112 Å². The number of para-hydroxylation sites is 1. The number of carbonyl (C=O) groups is 1. The zero-order valence-corrected chi connectivity index (χ0v) is 10.8. The van der Waals surface area contributed by atoms with Gasteiger partial charge >= 0.3 is 0 Å². The van der Waals surface area contributed by atoms with E-state index in [0.29, 0.717) is 13.0 Å². The van der Waals surface area contributed by atoms with E-state index in [0.717, 1.165) is 17.2 Å². The monoisotopic (exact) mass is 256 g/mol. The number of ketones is 1. The van der Waals surface area contributed by atoms with Crippen molar-refractivity contribution in [3.63, 3.8) is 0 Å². The van der Waals surface area contributed by atoms with Crippen LogP contribution in [0.2, 0.25) is 0 Å². The third kappa shape index (κ3) is 4.47. The van der Waals surface area contributed by atoms with Crippen molar-refractivity contribution in [2.75, 3.05) is 6.61 Å². The summed E-state index contributed by atoms with van der Waals surface area (Å²) in [5, 5.41) is 0. The van der Waals surface area contributed by atoms with E-state index < -0.39 is 0 Å². The third-order valence-electron chi connectivity index (χ3n) is 2.53. The minimum Gasteiger partial charge on any atom is -0.493 e. The molecule has 0 spiro atoms. The molecule has 0 radical (unpaired) electrons. The molecule has 3 nitrogen and oxygen atoms in total. The van der Waals surface area contributed by atoms with Gasteiger partial charge in [0, 0.05) is 6.42 Å². The first kappa shape index (κ1) is 13.1. The Bertz CT molecular complexity index is 517. The minimum absolute atomic E-state index is 0.129. The maximum Gasteiger partial charge on any atom is 0.133 e. The summed E-state index contributed by atoms with van der Waals surface area (Å²) in [6.07, 6.45) is 0.433. The maximum atomic E-state index is 10.8. The molecule has 0 fully saturated rings. The third-order valence-corrected chi connectivity index (χ3v) is 2.53. The molecule has 0 unspecified atom stereocenters. The highest BCUT2D eigenvalue weighted by Crippen LogP contribution is 2.23. The number of rotatable bonds is 6. The molecule has 0 amide bonds. The summed E-state index contributed by atoms with van der Waals surface area (Å²) >= 11 is 0. The van der Waals surface area contributed by atoms with Crippen molar-refractivity contribution in [1.82, 2.24) is 0 Å². The molecule has 0 bridgehead atoms. The number of ether oxygens (including phenoxy) is 2. The van der Waals surface area contributed by atoms with E-state index in [-0.39, 0.29) is 5.78 Å². The first-order valence-corrected chi connectivity index (χ1v) is 6.19. The molecule has 0 aromatic heterocycles. The molecule has 2 aromatic carbocycles. The Balaban J connectivity index is 1.89. The Morgan fingerprint density at radius 2 is 1.47 bits per heavy atom. The van der Waals surface area contributed by atoms with Gasteiger partial charge in [-0.1, -0.05) is 18.2 Å². The van der Waals surface area contributed by atoms with Gasteiger partial charge in [0.15, 0.2) is 0 Å². The van der Waals surface area contributed by atoms with Crippen LogP contribution in [0.1, 0.15) is 13.3 Å². The molecule has 0 aliphatic carbocycles. The van der Waals surface area contributed by atoms with Crippen LogP contribution in [0.4, 0.5) is 0 Å². The number of benzene rings is 2. The molecule has 3 heteroatoms. The van der Waals surface area contributed by atoms with Crippen LogP contribution in [0.5, 0.6) is 17.2 Å². The zero-order valence-electron chi connectivity index (χ0n) is 10.8. The maximum absolute atomic E-state index is 10.8. The Hall–Kier alpha value is -2.29. The molecule has 2 rings (SSSR count). The fraction of sp³-hybridized carbons (Fsp3) is 0.188. The van der Waals surface area contributed by atoms with Gasteiger partial charge in [0.25, 0.3) is 0 Å². The van der Waals surface area contributed by atoms with Crippen LogP contribution >= 0.6 is 0 Å². The lowest BCUT2D eigenvalue weighted by molar-refractivity contribution is -0.117. The van der Waals surface area contributed by atoms with Gasteiger partial charge in [0.05, 0.1) is 6.61 Å². The average molecular weight is 256 g/mol. The Morgan fingerprint density at radius 1 is 0.895 bits per heavy atom. The molecular formula is C16H16O3. The minimum atomic E-state index is 0.129. The van der Waals surface area contributed by atoms with Gasteiger partial charge in [-0.25, -0.2) is 0 Å². The average Bonchev–Trinajstić information content (AvgIpc) is 2.42. The number of hydrogen-bond donors (Lipinski definition) is 0. The van der Waals surface area contributed by atoms with Crippen molar-refractivity contribution >= 4 is 5.78 Å². The molecule has 19 heavy (non-hydrogen) atoms. The van der Waals surface area contributed by atoms with E-state index in [1.807, 2.05) is 54.6 Å². The van der Waals surface area contributed by atoms with Crippen molar-refractivity contribution in [3.8, 4) is 17.2 Å². The molecule has 0 heterocycles.